The van der Waals surface area contributed by atoms with Crippen LogP contribution in [0.4, 0.5) is 0 Å². The van der Waals surface area contributed by atoms with Crippen molar-refractivity contribution < 1.29 is 42.9 Å². The molecule has 0 radical (unpaired) electrons. The van der Waals surface area contributed by atoms with Crippen LogP contribution in [0.25, 0.3) is 10.8 Å². The molecule has 0 amide bonds. The van der Waals surface area contributed by atoms with Gasteiger partial charge in [0.2, 0.25) is 6.29 Å². The van der Waals surface area contributed by atoms with Crippen molar-refractivity contribution in [2.24, 2.45) is 0 Å². The second-order valence-corrected chi connectivity index (χ2v) is 7.72. The monoisotopic (exact) mass is 458 g/mol. The molecule has 2 aromatic rings. The molecule has 1 aliphatic heterocycles. The molecule has 0 saturated carbocycles. The molecule has 1 aliphatic rings. The lowest BCUT2D eigenvalue weighted by molar-refractivity contribution is -0.181. The highest BCUT2D eigenvalue weighted by Crippen LogP contribution is 2.44. The topological polar surface area (TPSA) is 114 Å². The van der Waals surface area contributed by atoms with Crippen LogP contribution in [0.5, 0.6) is 5.75 Å². The van der Waals surface area contributed by atoms with Gasteiger partial charge < -0.3 is 23.7 Å². The van der Waals surface area contributed by atoms with E-state index < -0.39 is 48.3 Å². The standard InChI is InChI=1S/C24H26O9/c1-13(25)29-12-21(30-14(2)26)24(32-16(4)28)19-11-22(31-15(3)27)33-20-10-9-17-7-5-6-8-18(17)23(19)20/h5-10,19,21-22,24H,11-12H2,1-4H3/t19-,21-,22-,24-/m1/s1. The zero-order valence-electron chi connectivity index (χ0n) is 18.9. The molecule has 0 bridgehead atoms. The van der Waals surface area contributed by atoms with Gasteiger partial charge in [0.05, 0.1) is 0 Å². The molecule has 2 aromatic carbocycles. The van der Waals surface area contributed by atoms with E-state index in [1.165, 1.54) is 27.7 Å². The number of hydrogen-bond acceptors (Lipinski definition) is 9. The third-order valence-corrected chi connectivity index (χ3v) is 5.14. The Morgan fingerprint density at radius 3 is 2.24 bits per heavy atom. The number of hydrogen-bond donors (Lipinski definition) is 0. The van der Waals surface area contributed by atoms with Crippen LogP contribution in [0, 0.1) is 0 Å². The van der Waals surface area contributed by atoms with E-state index in [-0.39, 0.29) is 13.0 Å². The number of benzene rings is 2. The molecule has 3 rings (SSSR count). The Morgan fingerprint density at radius 2 is 1.61 bits per heavy atom. The summed E-state index contributed by atoms with van der Waals surface area (Å²) in [7, 11) is 0. The van der Waals surface area contributed by atoms with Crippen LogP contribution >= 0.6 is 0 Å². The van der Waals surface area contributed by atoms with Crippen molar-refractivity contribution in [3.05, 3.63) is 42.0 Å². The maximum atomic E-state index is 12.1. The van der Waals surface area contributed by atoms with Gasteiger partial charge in [0.1, 0.15) is 18.5 Å². The average Bonchev–Trinajstić information content (AvgIpc) is 2.73. The van der Waals surface area contributed by atoms with Crippen LogP contribution in [0.2, 0.25) is 0 Å². The van der Waals surface area contributed by atoms with Crippen LogP contribution in [0.15, 0.2) is 36.4 Å². The number of carbonyl (C=O) groups is 4. The Balaban J connectivity index is 2.14. The molecule has 1 heterocycles. The van der Waals surface area contributed by atoms with Gasteiger partial charge in [0, 0.05) is 45.6 Å². The number of fused-ring (bicyclic) bond motifs is 3. The molecule has 0 spiro atoms. The van der Waals surface area contributed by atoms with Crippen LogP contribution < -0.4 is 4.74 Å². The van der Waals surface area contributed by atoms with Gasteiger partial charge >= 0.3 is 23.9 Å². The quantitative estimate of drug-likeness (QED) is 0.456. The van der Waals surface area contributed by atoms with E-state index in [0.717, 1.165) is 10.8 Å². The fourth-order valence-corrected chi connectivity index (χ4v) is 4.05. The Hall–Kier alpha value is -3.62. The van der Waals surface area contributed by atoms with E-state index in [0.29, 0.717) is 11.3 Å². The number of carbonyl (C=O) groups excluding carboxylic acids is 4. The minimum atomic E-state index is -1.09. The first-order valence-electron chi connectivity index (χ1n) is 10.5. The Labute approximate surface area is 190 Å². The van der Waals surface area contributed by atoms with Crippen molar-refractivity contribution in [1.29, 1.82) is 0 Å². The highest BCUT2D eigenvalue weighted by molar-refractivity contribution is 5.88. The summed E-state index contributed by atoms with van der Waals surface area (Å²) < 4.78 is 27.4. The fourth-order valence-electron chi connectivity index (χ4n) is 4.05. The van der Waals surface area contributed by atoms with Gasteiger partial charge in [-0.25, -0.2) is 0 Å². The van der Waals surface area contributed by atoms with Crippen LogP contribution in [-0.2, 0) is 38.1 Å². The van der Waals surface area contributed by atoms with Crippen LogP contribution in [0.1, 0.15) is 45.6 Å². The minimum absolute atomic E-state index is 0.121. The van der Waals surface area contributed by atoms with E-state index in [1.807, 2.05) is 30.3 Å². The van der Waals surface area contributed by atoms with E-state index in [2.05, 4.69) is 0 Å². The number of ether oxygens (including phenoxy) is 5. The Morgan fingerprint density at radius 1 is 0.909 bits per heavy atom. The van der Waals surface area contributed by atoms with E-state index in [9.17, 15) is 19.2 Å². The summed E-state index contributed by atoms with van der Waals surface area (Å²) in [5.74, 6) is -2.52. The largest absolute Gasteiger partial charge is 0.462 e. The molecule has 9 heteroatoms. The van der Waals surface area contributed by atoms with Gasteiger partial charge in [-0.15, -0.1) is 0 Å². The normalized spacial score (nSPS) is 18.8. The Kier molecular flexibility index (Phi) is 7.52. The van der Waals surface area contributed by atoms with E-state index in [4.69, 9.17) is 23.7 Å². The lowest BCUT2D eigenvalue weighted by atomic mass is 9.82. The predicted octanol–water partition coefficient (Wildman–Crippen LogP) is 3.02. The van der Waals surface area contributed by atoms with Gasteiger partial charge in [-0.1, -0.05) is 30.3 Å². The fraction of sp³-hybridized carbons (Fsp3) is 0.417. The first-order valence-corrected chi connectivity index (χ1v) is 10.5. The average molecular weight is 458 g/mol. The third-order valence-electron chi connectivity index (χ3n) is 5.14. The van der Waals surface area contributed by atoms with Crippen molar-refractivity contribution in [1.82, 2.24) is 0 Å². The van der Waals surface area contributed by atoms with Crippen molar-refractivity contribution >= 4 is 34.6 Å². The summed E-state index contributed by atoms with van der Waals surface area (Å²) in [6, 6.07) is 11.2. The smallest absolute Gasteiger partial charge is 0.305 e. The van der Waals surface area contributed by atoms with Crippen molar-refractivity contribution in [3.8, 4) is 5.75 Å². The van der Waals surface area contributed by atoms with Gasteiger partial charge in [0.25, 0.3) is 0 Å². The summed E-state index contributed by atoms with van der Waals surface area (Å²) in [5, 5.41) is 1.76. The highest BCUT2D eigenvalue weighted by atomic mass is 16.7. The lowest BCUT2D eigenvalue weighted by Crippen LogP contribution is -2.45. The van der Waals surface area contributed by atoms with Gasteiger partial charge in [-0.2, -0.15) is 0 Å². The predicted molar refractivity (Wildman–Crippen MR) is 115 cm³/mol. The second-order valence-electron chi connectivity index (χ2n) is 7.72. The maximum absolute atomic E-state index is 12.1. The minimum Gasteiger partial charge on any atom is -0.462 e. The van der Waals surface area contributed by atoms with E-state index in [1.54, 1.807) is 6.07 Å². The summed E-state index contributed by atoms with van der Waals surface area (Å²) in [4.78, 5) is 47.0. The number of esters is 4. The first-order chi connectivity index (χ1) is 15.7. The molecule has 0 aliphatic carbocycles. The molecule has 0 unspecified atom stereocenters. The highest BCUT2D eigenvalue weighted by Gasteiger charge is 2.43. The zero-order chi connectivity index (χ0) is 24.1. The molecule has 0 aromatic heterocycles. The first kappa shape index (κ1) is 24.0. The van der Waals surface area contributed by atoms with Crippen LogP contribution in [-0.4, -0.2) is 49.0 Å². The van der Waals surface area contributed by atoms with Gasteiger partial charge in [0.15, 0.2) is 6.10 Å². The summed E-state index contributed by atoms with van der Waals surface area (Å²) in [6.45, 7) is 4.61. The van der Waals surface area contributed by atoms with Crippen molar-refractivity contribution in [2.45, 2.75) is 58.5 Å². The molecule has 176 valence electrons. The Bertz CT molecular complexity index is 1060. The molecule has 4 atom stereocenters. The molecule has 0 N–H and O–H groups in total. The molecule has 9 nitrogen and oxygen atoms in total. The van der Waals surface area contributed by atoms with E-state index >= 15 is 0 Å². The van der Waals surface area contributed by atoms with Crippen LogP contribution in [0.3, 0.4) is 0 Å². The summed E-state index contributed by atoms with van der Waals surface area (Å²) >= 11 is 0. The van der Waals surface area contributed by atoms with Gasteiger partial charge in [-0.3, -0.25) is 19.2 Å². The molecule has 0 saturated heterocycles. The molecular formula is C24H26O9. The second kappa shape index (κ2) is 10.3. The number of rotatable bonds is 7. The SMILES string of the molecule is CC(=O)OC[C@@H](OC(C)=O)[C@H](OC(C)=O)[C@@H]1C[C@H](OC(C)=O)Oc2ccc3ccccc3c21. The third kappa shape index (κ3) is 6.00. The summed E-state index contributed by atoms with van der Waals surface area (Å²) in [6.07, 6.45) is -2.97. The zero-order valence-corrected chi connectivity index (χ0v) is 18.9. The lowest BCUT2D eigenvalue weighted by Gasteiger charge is -2.38. The summed E-state index contributed by atoms with van der Waals surface area (Å²) in [5.41, 5.74) is 0.711. The molecule has 33 heavy (non-hydrogen) atoms. The molecule has 0 fully saturated rings. The van der Waals surface area contributed by atoms with Crippen molar-refractivity contribution in [3.63, 3.8) is 0 Å². The van der Waals surface area contributed by atoms with Crippen molar-refractivity contribution in [2.75, 3.05) is 6.61 Å². The molecular weight excluding hydrogens is 432 g/mol. The maximum Gasteiger partial charge on any atom is 0.305 e. The van der Waals surface area contributed by atoms with Gasteiger partial charge in [-0.05, 0) is 16.8 Å².